The van der Waals surface area contributed by atoms with E-state index in [9.17, 15) is 4.79 Å². The van der Waals surface area contributed by atoms with Crippen molar-refractivity contribution in [2.75, 3.05) is 23.6 Å². The van der Waals surface area contributed by atoms with E-state index in [1.165, 1.54) is 16.4 Å². The molecule has 1 unspecified atom stereocenters. The van der Waals surface area contributed by atoms with Crippen LogP contribution in [0, 0.1) is 6.92 Å². The fourth-order valence-corrected chi connectivity index (χ4v) is 6.86. The molecule has 0 radical (unpaired) electrons. The Labute approximate surface area is 186 Å². The third kappa shape index (κ3) is 4.05. The Morgan fingerprint density at radius 2 is 1.71 bits per heavy atom. The molecule has 1 atom stereocenters. The molecule has 4 rings (SSSR count). The van der Waals surface area contributed by atoms with Gasteiger partial charge in [-0.05, 0) is 55.4 Å². The zero-order chi connectivity index (χ0) is 22.2. The number of anilines is 2. The van der Waals surface area contributed by atoms with Crippen LogP contribution in [0.3, 0.4) is 0 Å². The Balaban J connectivity index is 1.84. The standard InChI is InChI=1S/C26H29N2O2P/c1-18-11-9-16-22(30-5)23(18)20-14-10-15-21-24(20)31(26(2,3)4)17-28(21)25(29)27-19-12-7-6-8-13-19/h6-16H,17H2,1-5H3,(H,27,29). The summed E-state index contributed by atoms with van der Waals surface area (Å²) >= 11 is 0. The van der Waals surface area contributed by atoms with Crippen molar-refractivity contribution in [1.82, 2.24) is 0 Å². The van der Waals surface area contributed by atoms with E-state index in [1.807, 2.05) is 53.4 Å². The largest absolute Gasteiger partial charge is 0.496 e. The van der Waals surface area contributed by atoms with E-state index in [0.717, 1.165) is 22.7 Å². The van der Waals surface area contributed by atoms with E-state index in [2.05, 4.69) is 51.2 Å². The summed E-state index contributed by atoms with van der Waals surface area (Å²) in [6.07, 6.45) is 0.706. The lowest BCUT2D eigenvalue weighted by atomic mass is 9.98. The number of rotatable bonds is 3. The van der Waals surface area contributed by atoms with E-state index >= 15 is 0 Å². The van der Waals surface area contributed by atoms with Gasteiger partial charge >= 0.3 is 6.03 Å². The summed E-state index contributed by atoms with van der Waals surface area (Å²) < 4.78 is 5.73. The third-order valence-corrected chi connectivity index (χ3v) is 8.86. The molecule has 1 aliphatic rings. The molecule has 0 saturated heterocycles. The quantitative estimate of drug-likeness (QED) is 0.475. The van der Waals surface area contributed by atoms with Gasteiger partial charge < -0.3 is 10.1 Å². The Hall–Kier alpha value is -2.84. The first kappa shape index (κ1) is 21.4. The number of methoxy groups -OCH3 is 1. The van der Waals surface area contributed by atoms with Crippen molar-refractivity contribution in [1.29, 1.82) is 0 Å². The van der Waals surface area contributed by atoms with Crippen LogP contribution >= 0.6 is 7.92 Å². The number of benzene rings is 3. The molecular weight excluding hydrogens is 403 g/mol. The van der Waals surface area contributed by atoms with E-state index in [1.54, 1.807) is 7.11 Å². The number of ether oxygens (including phenoxy) is 1. The number of nitrogens with one attached hydrogen (secondary N) is 1. The summed E-state index contributed by atoms with van der Waals surface area (Å²) in [7, 11) is 1.10. The van der Waals surface area contributed by atoms with Gasteiger partial charge in [0.25, 0.3) is 0 Å². The van der Waals surface area contributed by atoms with Gasteiger partial charge in [0.2, 0.25) is 0 Å². The highest BCUT2D eigenvalue weighted by molar-refractivity contribution is 7.68. The van der Waals surface area contributed by atoms with Gasteiger partial charge in [-0.25, -0.2) is 4.79 Å². The predicted octanol–water partition coefficient (Wildman–Crippen LogP) is 6.59. The zero-order valence-corrected chi connectivity index (χ0v) is 19.7. The van der Waals surface area contributed by atoms with Gasteiger partial charge in [-0.3, -0.25) is 4.90 Å². The summed E-state index contributed by atoms with van der Waals surface area (Å²) in [5, 5.41) is 4.39. The first-order valence-corrected chi connectivity index (χ1v) is 12.0. The topological polar surface area (TPSA) is 41.6 Å². The number of hydrogen-bond donors (Lipinski definition) is 1. The van der Waals surface area contributed by atoms with E-state index in [-0.39, 0.29) is 11.2 Å². The molecule has 31 heavy (non-hydrogen) atoms. The average Bonchev–Trinajstić information content (AvgIpc) is 3.15. The van der Waals surface area contributed by atoms with E-state index in [4.69, 9.17) is 4.74 Å². The molecule has 5 heteroatoms. The smallest absolute Gasteiger partial charge is 0.326 e. The van der Waals surface area contributed by atoms with Crippen LogP contribution in [0.2, 0.25) is 0 Å². The molecule has 160 valence electrons. The van der Waals surface area contributed by atoms with Crippen molar-refractivity contribution >= 4 is 30.6 Å². The molecule has 4 nitrogen and oxygen atoms in total. The maximum atomic E-state index is 13.3. The lowest BCUT2D eigenvalue weighted by Crippen LogP contribution is -2.33. The molecule has 3 aromatic rings. The van der Waals surface area contributed by atoms with Crippen LogP contribution in [-0.4, -0.2) is 24.6 Å². The van der Waals surface area contributed by atoms with Crippen molar-refractivity contribution in [3.05, 3.63) is 72.3 Å². The maximum absolute atomic E-state index is 13.3. The summed E-state index contributed by atoms with van der Waals surface area (Å²) in [5.41, 5.74) is 5.26. The number of para-hydroxylation sites is 1. The summed E-state index contributed by atoms with van der Waals surface area (Å²) in [6, 6.07) is 22.0. The first-order chi connectivity index (χ1) is 14.8. The van der Waals surface area contributed by atoms with E-state index < -0.39 is 7.92 Å². The van der Waals surface area contributed by atoms with Crippen LogP contribution in [0.1, 0.15) is 26.3 Å². The number of amides is 2. The SMILES string of the molecule is COc1cccc(C)c1-c1cccc2c1P(C(C)(C)C)CN2C(=O)Nc1ccccc1. The minimum absolute atomic E-state index is 0.0535. The molecule has 0 bridgehead atoms. The molecule has 0 saturated carbocycles. The number of aryl methyl sites for hydroxylation is 1. The van der Waals surface area contributed by atoms with Crippen LogP contribution < -0.4 is 20.3 Å². The van der Waals surface area contributed by atoms with Gasteiger partial charge in [-0.1, -0.05) is 63.2 Å². The lowest BCUT2D eigenvalue weighted by molar-refractivity contribution is 0.258. The Bertz CT molecular complexity index is 1110. The maximum Gasteiger partial charge on any atom is 0.326 e. The van der Waals surface area contributed by atoms with Crippen LogP contribution in [0.5, 0.6) is 5.75 Å². The monoisotopic (exact) mass is 432 g/mol. The Kier molecular flexibility index (Phi) is 5.77. The van der Waals surface area contributed by atoms with Crippen molar-refractivity contribution in [3.8, 4) is 16.9 Å². The van der Waals surface area contributed by atoms with E-state index in [0.29, 0.717) is 6.29 Å². The van der Waals surface area contributed by atoms with Crippen LogP contribution in [0.15, 0.2) is 66.7 Å². The number of urea groups is 1. The number of fused-ring (bicyclic) bond motifs is 1. The molecule has 3 aromatic carbocycles. The van der Waals surface area contributed by atoms with Crippen molar-refractivity contribution in [3.63, 3.8) is 0 Å². The molecule has 2 amide bonds. The fourth-order valence-electron chi connectivity index (χ4n) is 4.11. The summed E-state index contributed by atoms with van der Waals surface area (Å²) in [6.45, 7) is 8.93. The second-order valence-electron chi connectivity index (χ2n) is 8.79. The first-order valence-electron chi connectivity index (χ1n) is 10.5. The zero-order valence-electron chi connectivity index (χ0n) is 18.8. The Morgan fingerprint density at radius 3 is 2.39 bits per heavy atom. The highest BCUT2D eigenvalue weighted by atomic mass is 31.1. The molecule has 0 fully saturated rings. The van der Waals surface area contributed by atoms with Gasteiger partial charge in [-0.15, -0.1) is 0 Å². The minimum Gasteiger partial charge on any atom is -0.496 e. The van der Waals surface area contributed by atoms with Gasteiger partial charge in [0.1, 0.15) is 5.75 Å². The Morgan fingerprint density at radius 1 is 1.00 bits per heavy atom. The average molecular weight is 433 g/mol. The third-order valence-electron chi connectivity index (χ3n) is 5.66. The molecule has 1 N–H and O–H groups in total. The number of carbonyl (C=O) groups is 1. The molecular formula is C26H29N2O2P. The summed E-state index contributed by atoms with van der Waals surface area (Å²) in [4.78, 5) is 15.2. The second-order valence-corrected chi connectivity index (χ2v) is 11.7. The lowest BCUT2D eigenvalue weighted by Gasteiger charge is -2.29. The highest BCUT2D eigenvalue weighted by Crippen LogP contribution is 2.57. The molecule has 0 aliphatic carbocycles. The minimum atomic E-state index is -0.613. The van der Waals surface area contributed by atoms with Crippen LogP contribution in [-0.2, 0) is 0 Å². The van der Waals surface area contributed by atoms with Gasteiger partial charge in [0, 0.05) is 16.6 Å². The fraction of sp³-hybridized carbons (Fsp3) is 0.269. The summed E-state index contributed by atoms with van der Waals surface area (Å²) in [5.74, 6) is 0.865. The number of nitrogens with zero attached hydrogens (tertiary/aromatic N) is 1. The molecule has 1 aliphatic heterocycles. The van der Waals surface area contributed by atoms with Crippen molar-refractivity contribution < 1.29 is 9.53 Å². The number of carbonyl (C=O) groups excluding carboxylic acids is 1. The van der Waals surface area contributed by atoms with Gasteiger partial charge in [0.05, 0.1) is 19.1 Å². The molecule has 0 aromatic heterocycles. The number of hydrogen-bond acceptors (Lipinski definition) is 2. The normalized spacial score (nSPS) is 15.5. The molecule has 1 heterocycles. The van der Waals surface area contributed by atoms with Crippen LogP contribution in [0.25, 0.3) is 11.1 Å². The highest BCUT2D eigenvalue weighted by Gasteiger charge is 2.40. The predicted molar refractivity (Wildman–Crippen MR) is 132 cm³/mol. The molecule has 0 spiro atoms. The second kappa shape index (κ2) is 8.36. The van der Waals surface area contributed by atoms with Crippen LogP contribution in [0.4, 0.5) is 16.2 Å². The van der Waals surface area contributed by atoms with Gasteiger partial charge in [-0.2, -0.15) is 0 Å². The van der Waals surface area contributed by atoms with Gasteiger partial charge in [0.15, 0.2) is 0 Å². The van der Waals surface area contributed by atoms with Crippen molar-refractivity contribution in [2.24, 2.45) is 0 Å². The van der Waals surface area contributed by atoms with Crippen molar-refractivity contribution in [2.45, 2.75) is 32.9 Å².